The Bertz CT molecular complexity index is 1050. The summed E-state index contributed by atoms with van der Waals surface area (Å²) in [6.07, 6.45) is 4.98. The first-order valence-corrected chi connectivity index (χ1v) is 9.06. The van der Waals surface area contributed by atoms with Gasteiger partial charge in [0.05, 0.1) is 17.9 Å². The fourth-order valence-electron chi connectivity index (χ4n) is 2.99. The lowest BCUT2D eigenvalue weighted by atomic mass is 10.1. The molecule has 2 aromatic heterocycles. The van der Waals surface area contributed by atoms with E-state index in [1.165, 1.54) is 9.78 Å². The third-order valence-electron chi connectivity index (χ3n) is 4.26. The summed E-state index contributed by atoms with van der Waals surface area (Å²) in [6, 6.07) is 7.02. The van der Waals surface area contributed by atoms with Crippen molar-refractivity contribution in [1.82, 2.24) is 9.38 Å². The van der Waals surface area contributed by atoms with E-state index in [2.05, 4.69) is 4.98 Å². The van der Waals surface area contributed by atoms with Gasteiger partial charge in [-0.3, -0.25) is 14.1 Å². The van der Waals surface area contributed by atoms with Gasteiger partial charge in [0.15, 0.2) is 10.7 Å². The van der Waals surface area contributed by atoms with Crippen LogP contribution >= 0.6 is 11.3 Å². The summed E-state index contributed by atoms with van der Waals surface area (Å²) in [5, 5.41) is 0. The van der Waals surface area contributed by atoms with Crippen molar-refractivity contribution in [3.63, 3.8) is 0 Å². The Labute approximate surface area is 154 Å². The molecule has 26 heavy (non-hydrogen) atoms. The van der Waals surface area contributed by atoms with Crippen LogP contribution in [0.3, 0.4) is 0 Å². The fourth-order valence-corrected chi connectivity index (χ4v) is 3.87. The maximum atomic E-state index is 12.6. The number of amides is 1. The van der Waals surface area contributed by atoms with Crippen LogP contribution in [0.25, 0.3) is 11.0 Å². The molecule has 132 valence electrons. The number of imidazole rings is 1. The lowest BCUT2D eigenvalue weighted by Gasteiger charge is -2.13. The number of ether oxygens (including phenoxy) is 1. The topological polar surface area (TPSA) is 63.9 Å². The third-order valence-corrected chi connectivity index (χ3v) is 5.16. The van der Waals surface area contributed by atoms with Crippen molar-refractivity contribution < 1.29 is 14.3 Å². The number of aromatic nitrogens is 2. The summed E-state index contributed by atoms with van der Waals surface area (Å²) >= 11 is 1.62. The standard InChI is InChI=1S/C19H17N3O3S/c1-12-11-22-16(13(2)20-18(22)26-12)6-7-17(23)14-4-3-5-15(10-14)21-8-9-25-19(21)24/h3-7,10-11H,8-9H2,1-2H3/b7-6+. The minimum Gasteiger partial charge on any atom is -0.447 e. The van der Waals surface area contributed by atoms with E-state index in [-0.39, 0.29) is 11.9 Å². The molecule has 1 saturated heterocycles. The van der Waals surface area contributed by atoms with Gasteiger partial charge in [-0.2, -0.15) is 0 Å². The smallest absolute Gasteiger partial charge is 0.414 e. The Morgan fingerprint density at radius 3 is 2.96 bits per heavy atom. The van der Waals surface area contributed by atoms with Gasteiger partial charge in [-0.15, -0.1) is 11.3 Å². The van der Waals surface area contributed by atoms with E-state index < -0.39 is 0 Å². The van der Waals surface area contributed by atoms with Gasteiger partial charge < -0.3 is 4.74 Å². The second-order valence-electron chi connectivity index (χ2n) is 6.09. The molecule has 0 radical (unpaired) electrons. The first-order chi connectivity index (χ1) is 12.5. The van der Waals surface area contributed by atoms with Crippen LogP contribution in [0.4, 0.5) is 10.5 Å². The molecule has 6 nitrogen and oxygen atoms in total. The maximum absolute atomic E-state index is 12.6. The number of cyclic esters (lactones) is 1. The zero-order valence-electron chi connectivity index (χ0n) is 14.4. The predicted molar refractivity (Wildman–Crippen MR) is 101 cm³/mol. The maximum Gasteiger partial charge on any atom is 0.414 e. The van der Waals surface area contributed by atoms with E-state index >= 15 is 0 Å². The normalized spacial score (nSPS) is 14.5. The number of allylic oxidation sites excluding steroid dienone is 1. The van der Waals surface area contributed by atoms with Crippen molar-refractivity contribution >= 4 is 39.9 Å². The Morgan fingerprint density at radius 2 is 2.19 bits per heavy atom. The van der Waals surface area contributed by atoms with Crippen molar-refractivity contribution in [2.75, 3.05) is 18.1 Å². The van der Waals surface area contributed by atoms with Crippen LogP contribution in [-0.2, 0) is 4.74 Å². The van der Waals surface area contributed by atoms with E-state index in [0.29, 0.717) is 24.4 Å². The highest BCUT2D eigenvalue weighted by Gasteiger charge is 2.23. The summed E-state index contributed by atoms with van der Waals surface area (Å²) in [5.41, 5.74) is 2.98. The number of hydrogen-bond donors (Lipinski definition) is 0. The summed E-state index contributed by atoms with van der Waals surface area (Å²) < 4.78 is 6.95. The van der Waals surface area contributed by atoms with Gasteiger partial charge in [0, 0.05) is 22.3 Å². The third kappa shape index (κ3) is 2.90. The van der Waals surface area contributed by atoms with Gasteiger partial charge in [-0.05, 0) is 38.1 Å². The van der Waals surface area contributed by atoms with Gasteiger partial charge in [-0.1, -0.05) is 12.1 Å². The zero-order chi connectivity index (χ0) is 18.3. The molecule has 4 rings (SSSR count). The summed E-state index contributed by atoms with van der Waals surface area (Å²) in [7, 11) is 0. The van der Waals surface area contributed by atoms with Crippen LogP contribution in [0.5, 0.6) is 0 Å². The summed E-state index contributed by atoms with van der Waals surface area (Å²) in [4.78, 5) is 32.4. The van der Waals surface area contributed by atoms with Gasteiger partial charge in [0.1, 0.15) is 6.61 Å². The molecule has 3 aromatic rings. The number of benzene rings is 1. The van der Waals surface area contributed by atoms with E-state index in [9.17, 15) is 9.59 Å². The van der Waals surface area contributed by atoms with Crippen molar-refractivity contribution in [3.8, 4) is 0 Å². The highest BCUT2D eigenvalue weighted by atomic mass is 32.1. The Morgan fingerprint density at radius 1 is 1.35 bits per heavy atom. The number of hydrogen-bond acceptors (Lipinski definition) is 5. The molecule has 0 saturated carbocycles. The van der Waals surface area contributed by atoms with Gasteiger partial charge in [-0.25, -0.2) is 9.78 Å². The first-order valence-electron chi connectivity index (χ1n) is 8.25. The average Bonchev–Trinajstić information content (AvgIpc) is 3.27. The molecular weight excluding hydrogens is 350 g/mol. The number of carbonyl (C=O) groups excluding carboxylic acids is 2. The molecule has 0 N–H and O–H groups in total. The predicted octanol–water partition coefficient (Wildman–Crippen LogP) is 3.87. The number of rotatable bonds is 4. The second-order valence-corrected chi connectivity index (χ2v) is 7.30. The molecular formula is C19H17N3O3S. The van der Waals surface area contributed by atoms with E-state index in [0.717, 1.165) is 16.3 Å². The lowest BCUT2D eigenvalue weighted by molar-refractivity contribution is 0.104. The van der Waals surface area contributed by atoms with Crippen molar-refractivity contribution in [3.05, 3.63) is 58.4 Å². The number of anilines is 1. The van der Waals surface area contributed by atoms with E-state index in [1.54, 1.807) is 47.8 Å². The lowest BCUT2D eigenvalue weighted by Crippen LogP contribution is -2.23. The van der Waals surface area contributed by atoms with Crippen LogP contribution in [-0.4, -0.2) is 34.4 Å². The molecule has 1 fully saturated rings. The second kappa shape index (κ2) is 6.42. The molecule has 7 heteroatoms. The number of thiazole rings is 1. The summed E-state index contributed by atoms with van der Waals surface area (Å²) in [5.74, 6) is -0.124. The largest absolute Gasteiger partial charge is 0.447 e. The number of carbonyl (C=O) groups is 2. The molecule has 0 spiro atoms. The van der Waals surface area contributed by atoms with Crippen LogP contribution < -0.4 is 4.90 Å². The minimum absolute atomic E-state index is 0.124. The molecule has 0 bridgehead atoms. The van der Waals surface area contributed by atoms with Crippen molar-refractivity contribution in [2.24, 2.45) is 0 Å². The van der Waals surface area contributed by atoms with Crippen molar-refractivity contribution in [2.45, 2.75) is 13.8 Å². The number of aryl methyl sites for hydroxylation is 2. The number of fused-ring (bicyclic) bond motifs is 1. The molecule has 1 aliphatic heterocycles. The van der Waals surface area contributed by atoms with Gasteiger partial charge in [0.2, 0.25) is 0 Å². The summed E-state index contributed by atoms with van der Waals surface area (Å²) in [6.45, 7) is 4.82. The molecule has 1 aliphatic rings. The molecule has 1 aromatic carbocycles. The van der Waals surface area contributed by atoms with E-state index in [1.807, 2.05) is 24.4 Å². The Balaban J connectivity index is 1.60. The first kappa shape index (κ1) is 16.5. The monoisotopic (exact) mass is 367 g/mol. The van der Waals surface area contributed by atoms with Crippen LogP contribution in [0, 0.1) is 13.8 Å². The molecule has 0 aliphatic carbocycles. The van der Waals surface area contributed by atoms with Gasteiger partial charge in [0.25, 0.3) is 0 Å². The molecule has 3 heterocycles. The zero-order valence-corrected chi connectivity index (χ0v) is 15.2. The Kier molecular flexibility index (Phi) is 4.08. The van der Waals surface area contributed by atoms with Gasteiger partial charge >= 0.3 is 6.09 Å². The fraction of sp³-hybridized carbons (Fsp3) is 0.211. The highest BCUT2D eigenvalue weighted by molar-refractivity contribution is 7.17. The SMILES string of the molecule is Cc1cn2c(/C=C/C(=O)c3cccc(N4CCOC4=O)c3)c(C)nc2s1. The number of ketones is 1. The van der Waals surface area contributed by atoms with Crippen LogP contribution in [0.2, 0.25) is 0 Å². The molecule has 1 amide bonds. The molecule has 0 unspecified atom stereocenters. The number of nitrogens with zero attached hydrogens (tertiary/aromatic N) is 3. The minimum atomic E-state index is -0.379. The highest BCUT2D eigenvalue weighted by Crippen LogP contribution is 2.23. The Hall–Kier alpha value is -2.93. The van der Waals surface area contributed by atoms with Crippen molar-refractivity contribution in [1.29, 1.82) is 0 Å². The van der Waals surface area contributed by atoms with E-state index in [4.69, 9.17) is 4.74 Å². The van der Waals surface area contributed by atoms with Crippen LogP contribution in [0.1, 0.15) is 26.6 Å². The quantitative estimate of drug-likeness (QED) is 0.519. The van der Waals surface area contributed by atoms with Crippen LogP contribution in [0.15, 0.2) is 36.5 Å². The molecule has 0 atom stereocenters. The average molecular weight is 367 g/mol.